The minimum atomic E-state index is -0.460. The van der Waals surface area contributed by atoms with Crippen LogP contribution in [0.3, 0.4) is 0 Å². The van der Waals surface area contributed by atoms with Crippen molar-refractivity contribution in [3.63, 3.8) is 0 Å². The number of carbonyl (C=O) groups is 2. The molecule has 2 aromatic rings. The molecule has 2 aromatic carbocycles. The molecule has 0 bridgehead atoms. The Morgan fingerprint density at radius 3 is 1.91 bits per heavy atom. The van der Waals surface area contributed by atoms with E-state index in [2.05, 4.69) is 13.8 Å². The van der Waals surface area contributed by atoms with E-state index in [0.717, 1.165) is 44.3 Å². The monoisotopic (exact) mass is 440 g/mol. The van der Waals surface area contributed by atoms with Gasteiger partial charge in [-0.15, -0.1) is 0 Å². The van der Waals surface area contributed by atoms with Gasteiger partial charge in [-0.2, -0.15) is 0 Å². The van der Waals surface area contributed by atoms with Crippen LogP contribution in [0.5, 0.6) is 11.5 Å². The minimum absolute atomic E-state index is 0.115. The highest BCUT2D eigenvalue weighted by atomic mass is 16.5. The summed E-state index contributed by atoms with van der Waals surface area (Å²) < 4.78 is 16.6. The molecular weight excluding hydrogens is 404 g/mol. The number of benzene rings is 2. The number of rotatable bonds is 14. The molecule has 0 spiro atoms. The van der Waals surface area contributed by atoms with Crippen molar-refractivity contribution < 1.29 is 23.8 Å². The van der Waals surface area contributed by atoms with Gasteiger partial charge < -0.3 is 14.2 Å². The molecule has 0 N–H and O–H groups in total. The van der Waals surface area contributed by atoms with Crippen molar-refractivity contribution in [3.8, 4) is 11.5 Å². The van der Waals surface area contributed by atoms with Crippen LogP contribution in [0.25, 0.3) is 0 Å². The second-order valence-electron chi connectivity index (χ2n) is 8.06. The molecule has 0 aliphatic heterocycles. The number of unbranched alkanes of at least 4 members (excludes halogenated alkanes) is 5. The summed E-state index contributed by atoms with van der Waals surface area (Å²) in [4.78, 5) is 24.7. The van der Waals surface area contributed by atoms with E-state index in [1.165, 1.54) is 12.8 Å². The van der Waals surface area contributed by atoms with Crippen molar-refractivity contribution in [1.82, 2.24) is 0 Å². The molecule has 0 amide bonds. The first-order valence-corrected chi connectivity index (χ1v) is 11.8. The molecule has 0 aliphatic carbocycles. The zero-order valence-corrected chi connectivity index (χ0v) is 19.6. The summed E-state index contributed by atoms with van der Waals surface area (Å²) in [7, 11) is 0. The fraction of sp³-hybridized carbons (Fsp3) is 0.481. The summed E-state index contributed by atoms with van der Waals surface area (Å²) in [6, 6.07) is 13.3. The van der Waals surface area contributed by atoms with E-state index in [1.807, 2.05) is 6.92 Å². The van der Waals surface area contributed by atoms with Gasteiger partial charge >= 0.3 is 11.9 Å². The van der Waals surface area contributed by atoms with E-state index < -0.39 is 5.97 Å². The number of ether oxygens (including phenoxy) is 3. The lowest BCUT2D eigenvalue weighted by molar-refractivity contribution is 0.0319. The number of hydrogen-bond donors (Lipinski definition) is 0. The van der Waals surface area contributed by atoms with Crippen LogP contribution in [0.4, 0.5) is 0 Å². The average molecular weight is 441 g/mol. The van der Waals surface area contributed by atoms with Crippen molar-refractivity contribution in [2.24, 2.45) is 0 Å². The molecule has 32 heavy (non-hydrogen) atoms. The molecule has 0 saturated heterocycles. The summed E-state index contributed by atoms with van der Waals surface area (Å²) in [5, 5.41) is 0. The Hall–Kier alpha value is -2.82. The highest BCUT2D eigenvalue weighted by molar-refractivity contribution is 5.92. The molecular formula is C27H36O5. The SMILES string of the molecule is CCCCCCC(C)OC(=O)c1ccc(OC(=O)c2ccc(OCCCCC)cc2)cc1. The maximum Gasteiger partial charge on any atom is 0.343 e. The molecule has 5 nitrogen and oxygen atoms in total. The number of hydrogen-bond acceptors (Lipinski definition) is 5. The third kappa shape index (κ3) is 9.13. The quantitative estimate of drug-likeness (QED) is 0.180. The maximum atomic E-state index is 12.4. The molecule has 0 saturated carbocycles. The van der Waals surface area contributed by atoms with Crippen molar-refractivity contribution in [1.29, 1.82) is 0 Å². The Morgan fingerprint density at radius 2 is 1.28 bits per heavy atom. The van der Waals surface area contributed by atoms with Crippen LogP contribution in [0.2, 0.25) is 0 Å². The average Bonchev–Trinajstić information content (AvgIpc) is 2.80. The summed E-state index contributed by atoms with van der Waals surface area (Å²) in [5.41, 5.74) is 0.876. The molecule has 1 atom stereocenters. The molecule has 0 fully saturated rings. The van der Waals surface area contributed by atoms with Gasteiger partial charge in [0.25, 0.3) is 0 Å². The lowest BCUT2D eigenvalue weighted by Gasteiger charge is -2.13. The van der Waals surface area contributed by atoms with Gasteiger partial charge in [0.05, 0.1) is 23.8 Å². The molecule has 0 heterocycles. The van der Waals surface area contributed by atoms with Gasteiger partial charge in [-0.3, -0.25) is 0 Å². The molecule has 0 radical (unpaired) electrons. The first-order valence-electron chi connectivity index (χ1n) is 11.8. The van der Waals surface area contributed by atoms with Crippen LogP contribution in [-0.4, -0.2) is 24.6 Å². The summed E-state index contributed by atoms with van der Waals surface area (Å²) >= 11 is 0. The van der Waals surface area contributed by atoms with Gasteiger partial charge in [-0.05, 0) is 74.7 Å². The highest BCUT2D eigenvalue weighted by Crippen LogP contribution is 2.18. The first-order chi connectivity index (χ1) is 15.5. The van der Waals surface area contributed by atoms with Crippen LogP contribution in [0.15, 0.2) is 48.5 Å². The third-order valence-corrected chi connectivity index (χ3v) is 5.18. The normalized spacial score (nSPS) is 11.6. The summed E-state index contributed by atoms with van der Waals surface area (Å²) in [6.07, 6.45) is 8.66. The summed E-state index contributed by atoms with van der Waals surface area (Å²) in [6.45, 7) is 6.91. The second-order valence-corrected chi connectivity index (χ2v) is 8.06. The zero-order chi connectivity index (χ0) is 23.2. The molecule has 5 heteroatoms. The van der Waals surface area contributed by atoms with Gasteiger partial charge in [-0.25, -0.2) is 9.59 Å². The predicted molar refractivity (Wildman–Crippen MR) is 126 cm³/mol. The third-order valence-electron chi connectivity index (χ3n) is 5.18. The van der Waals surface area contributed by atoms with Crippen molar-refractivity contribution in [2.45, 2.75) is 78.2 Å². The Morgan fingerprint density at radius 1 is 0.719 bits per heavy atom. The van der Waals surface area contributed by atoms with Crippen molar-refractivity contribution in [3.05, 3.63) is 59.7 Å². The minimum Gasteiger partial charge on any atom is -0.494 e. The van der Waals surface area contributed by atoms with Gasteiger partial charge in [-0.1, -0.05) is 46.0 Å². The fourth-order valence-corrected chi connectivity index (χ4v) is 3.22. The van der Waals surface area contributed by atoms with Crippen LogP contribution in [0.1, 0.15) is 92.9 Å². The van der Waals surface area contributed by atoms with E-state index in [1.54, 1.807) is 48.5 Å². The molecule has 2 rings (SSSR count). The number of carbonyl (C=O) groups excluding carboxylic acids is 2. The molecule has 174 valence electrons. The topological polar surface area (TPSA) is 61.8 Å². The van der Waals surface area contributed by atoms with Crippen LogP contribution < -0.4 is 9.47 Å². The number of esters is 2. The Labute approximate surface area is 192 Å². The Bertz CT molecular complexity index is 811. The van der Waals surface area contributed by atoms with E-state index in [4.69, 9.17) is 14.2 Å². The van der Waals surface area contributed by atoms with Crippen LogP contribution in [0, 0.1) is 0 Å². The highest BCUT2D eigenvalue weighted by Gasteiger charge is 2.13. The van der Waals surface area contributed by atoms with Gasteiger partial charge in [0.15, 0.2) is 0 Å². The fourth-order valence-electron chi connectivity index (χ4n) is 3.22. The van der Waals surface area contributed by atoms with Crippen molar-refractivity contribution in [2.75, 3.05) is 6.61 Å². The van der Waals surface area contributed by atoms with Gasteiger partial charge in [0.1, 0.15) is 11.5 Å². The Kier molecular flexibility index (Phi) is 11.4. The smallest absolute Gasteiger partial charge is 0.343 e. The van der Waals surface area contributed by atoms with Crippen LogP contribution >= 0.6 is 0 Å². The zero-order valence-electron chi connectivity index (χ0n) is 19.6. The molecule has 0 aromatic heterocycles. The molecule has 0 aliphatic rings. The predicted octanol–water partition coefficient (Wildman–Crippen LogP) is 6.99. The first kappa shape index (κ1) is 25.4. The summed E-state index contributed by atoms with van der Waals surface area (Å²) in [5.74, 6) is 0.290. The van der Waals surface area contributed by atoms with Gasteiger partial charge in [0.2, 0.25) is 0 Å². The lowest BCUT2D eigenvalue weighted by atomic mass is 10.1. The lowest BCUT2D eigenvalue weighted by Crippen LogP contribution is -2.15. The Balaban J connectivity index is 1.81. The van der Waals surface area contributed by atoms with E-state index >= 15 is 0 Å². The largest absolute Gasteiger partial charge is 0.494 e. The second kappa shape index (κ2) is 14.3. The van der Waals surface area contributed by atoms with E-state index in [-0.39, 0.29) is 12.1 Å². The van der Waals surface area contributed by atoms with Crippen LogP contribution in [-0.2, 0) is 4.74 Å². The van der Waals surface area contributed by atoms with Crippen molar-refractivity contribution >= 4 is 11.9 Å². The molecule has 1 unspecified atom stereocenters. The van der Waals surface area contributed by atoms with Gasteiger partial charge in [0, 0.05) is 0 Å². The van der Waals surface area contributed by atoms with E-state index in [0.29, 0.717) is 23.5 Å². The standard InChI is InChI=1S/C27H36O5/c1-4-6-8-9-11-21(3)31-26(28)22-14-18-25(19-15-22)32-27(29)23-12-16-24(17-13-23)30-20-10-7-5-2/h12-19,21H,4-11,20H2,1-3H3. The maximum absolute atomic E-state index is 12.4. The van der Waals surface area contributed by atoms with E-state index in [9.17, 15) is 9.59 Å².